The van der Waals surface area contributed by atoms with Crippen molar-refractivity contribution in [3.05, 3.63) is 35.9 Å². The summed E-state index contributed by atoms with van der Waals surface area (Å²) >= 11 is 0. The van der Waals surface area contributed by atoms with E-state index in [1.807, 2.05) is 24.3 Å². The van der Waals surface area contributed by atoms with Crippen LogP contribution in [0.2, 0.25) is 0 Å². The van der Waals surface area contributed by atoms with Crippen LogP contribution in [0.25, 0.3) is 6.08 Å². The molecule has 0 spiro atoms. The smallest absolute Gasteiger partial charge is 0.330 e. The zero-order valence-corrected chi connectivity index (χ0v) is 13.5. The normalized spacial score (nSPS) is 15.3. The maximum absolute atomic E-state index is 11.7. The molecule has 1 aromatic carbocycles. The highest BCUT2D eigenvalue weighted by Crippen LogP contribution is 2.18. The van der Waals surface area contributed by atoms with Gasteiger partial charge in [0.2, 0.25) is 0 Å². The van der Waals surface area contributed by atoms with Crippen molar-refractivity contribution in [1.82, 2.24) is 4.90 Å². The van der Waals surface area contributed by atoms with Crippen LogP contribution < -0.4 is 4.74 Å². The molecule has 0 atom stereocenters. The second-order valence-electron chi connectivity index (χ2n) is 4.70. The molecule has 1 heterocycles. The van der Waals surface area contributed by atoms with Crippen LogP contribution in [0.15, 0.2) is 30.3 Å². The van der Waals surface area contributed by atoms with Gasteiger partial charge in [0.25, 0.3) is 0 Å². The highest BCUT2D eigenvalue weighted by atomic mass is 35.5. The number of halogens is 1. The van der Waals surface area contributed by atoms with Gasteiger partial charge in [0.15, 0.2) is 0 Å². The Hall–Kier alpha value is -1.56. The van der Waals surface area contributed by atoms with Crippen LogP contribution in [0.4, 0.5) is 0 Å². The van der Waals surface area contributed by atoms with Gasteiger partial charge in [-0.3, -0.25) is 4.90 Å². The molecule has 0 unspecified atom stereocenters. The first kappa shape index (κ1) is 18.5. The van der Waals surface area contributed by atoms with Crippen LogP contribution in [0.5, 0.6) is 5.75 Å². The number of carbonyl (C=O) groups is 1. The molecule has 122 valence electrons. The lowest BCUT2D eigenvalue weighted by Gasteiger charge is -2.25. The van der Waals surface area contributed by atoms with E-state index in [2.05, 4.69) is 4.90 Å². The van der Waals surface area contributed by atoms with Gasteiger partial charge in [0.05, 0.1) is 20.3 Å². The number of para-hydroxylation sites is 1. The molecule has 0 aromatic heterocycles. The molecule has 22 heavy (non-hydrogen) atoms. The van der Waals surface area contributed by atoms with Crippen LogP contribution in [0, 0.1) is 0 Å². The summed E-state index contributed by atoms with van der Waals surface area (Å²) in [5.74, 6) is 0.393. The van der Waals surface area contributed by atoms with Gasteiger partial charge in [0, 0.05) is 31.3 Å². The van der Waals surface area contributed by atoms with E-state index in [9.17, 15) is 4.79 Å². The molecule has 1 fully saturated rings. The fourth-order valence-electron chi connectivity index (χ4n) is 2.11. The number of methoxy groups -OCH3 is 1. The zero-order chi connectivity index (χ0) is 14.9. The van der Waals surface area contributed by atoms with Crippen molar-refractivity contribution in [2.75, 3.05) is 46.6 Å². The SMILES string of the molecule is COc1ccccc1/C=C/C(=O)OCCN1CCOCC1.Cl. The fraction of sp³-hybridized carbons (Fsp3) is 0.438. The maximum atomic E-state index is 11.7. The summed E-state index contributed by atoms with van der Waals surface area (Å²) in [4.78, 5) is 13.9. The van der Waals surface area contributed by atoms with E-state index in [1.165, 1.54) is 6.08 Å². The second-order valence-corrected chi connectivity index (χ2v) is 4.70. The van der Waals surface area contributed by atoms with Gasteiger partial charge in [-0.2, -0.15) is 0 Å². The molecule has 6 heteroatoms. The molecule has 0 amide bonds. The molecule has 0 N–H and O–H groups in total. The van der Waals surface area contributed by atoms with E-state index in [-0.39, 0.29) is 18.4 Å². The summed E-state index contributed by atoms with van der Waals surface area (Å²) in [6.07, 6.45) is 3.13. The summed E-state index contributed by atoms with van der Waals surface area (Å²) in [6, 6.07) is 7.52. The van der Waals surface area contributed by atoms with Crippen molar-refractivity contribution in [2.45, 2.75) is 0 Å². The standard InChI is InChI=1S/C16H21NO4.ClH/c1-19-15-5-3-2-4-14(15)6-7-16(18)21-13-10-17-8-11-20-12-9-17;/h2-7H,8-13H2,1H3;1H/b7-6+;. The third kappa shape index (κ3) is 6.05. The summed E-state index contributed by atoms with van der Waals surface area (Å²) in [7, 11) is 1.60. The second kappa shape index (κ2) is 10.2. The molecule has 5 nitrogen and oxygen atoms in total. The van der Waals surface area contributed by atoms with E-state index in [1.54, 1.807) is 13.2 Å². The predicted octanol–water partition coefficient (Wildman–Crippen LogP) is 2.01. The summed E-state index contributed by atoms with van der Waals surface area (Å²) in [5, 5.41) is 0. The van der Waals surface area contributed by atoms with Crippen molar-refractivity contribution in [2.24, 2.45) is 0 Å². The first-order chi connectivity index (χ1) is 10.3. The molecule has 2 rings (SSSR count). The van der Waals surface area contributed by atoms with Gasteiger partial charge in [-0.1, -0.05) is 18.2 Å². The maximum Gasteiger partial charge on any atom is 0.330 e. The van der Waals surface area contributed by atoms with Crippen molar-refractivity contribution in [1.29, 1.82) is 0 Å². The molecule has 1 saturated heterocycles. The minimum Gasteiger partial charge on any atom is -0.496 e. The highest BCUT2D eigenvalue weighted by Gasteiger charge is 2.10. The molecule has 0 radical (unpaired) electrons. The Kier molecular flexibility index (Phi) is 8.58. The Morgan fingerprint density at radius 1 is 1.32 bits per heavy atom. The number of nitrogens with zero attached hydrogens (tertiary/aromatic N) is 1. The van der Waals surface area contributed by atoms with E-state index in [0.717, 1.165) is 44.2 Å². The first-order valence-corrected chi connectivity index (χ1v) is 7.07. The monoisotopic (exact) mass is 327 g/mol. The summed E-state index contributed by atoms with van der Waals surface area (Å²) in [6.45, 7) is 4.44. The number of hydrogen-bond donors (Lipinski definition) is 0. The Balaban J connectivity index is 0.00000242. The molecule has 0 bridgehead atoms. The molecule has 0 aliphatic carbocycles. The van der Waals surface area contributed by atoms with Gasteiger partial charge >= 0.3 is 5.97 Å². The van der Waals surface area contributed by atoms with Gasteiger partial charge in [-0.25, -0.2) is 4.79 Å². The van der Waals surface area contributed by atoms with E-state index in [0.29, 0.717) is 6.61 Å². The lowest BCUT2D eigenvalue weighted by atomic mass is 10.2. The molecule has 1 aliphatic heterocycles. The van der Waals surface area contributed by atoms with Crippen molar-refractivity contribution in [3.8, 4) is 5.75 Å². The minimum absolute atomic E-state index is 0. The Bertz CT molecular complexity index is 487. The summed E-state index contributed by atoms with van der Waals surface area (Å²) < 4.78 is 15.7. The molecular formula is C16H22ClNO4. The average Bonchev–Trinajstić information content (AvgIpc) is 2.54. The van der Waals surface area contributed by atoms with Crippen LogP contribution >= 0.6 is 12.4 Å². The Morgan fingerprint density at radius 3 is 2.77 bits per heavy atom. The van der Waals surface area contributed by atoms with Crippen LogP contribution in [-0.4, -0.2) is 57.4 Å². The van der Waals surface area contributed by atoms with Gasteiger partial charge in [0.1, 0.15) is 12.4 Å². The quantitative estimate of drug-likeness (QED) is 0.591. The van der Waals surface area contributed by atoms with Crippen molar-refractivity contribution < 1.29 is 19.0 Å². The van der Waals surface area contributed by atoms with Crippen molar-refractivity contribution >= 4 is 24.5 Å². The third-order valence-corrected chi connectivity index (χ3v) is 3.29. The van der Waals surface area contributed by atoms with Gasteiger partial charge in [-0.15, -0.1) is 12.4 Å². The Labute approximate surface area is 137 Å². The predicted molar refractivity (Wildman–Crippen MR) is 87.5 cm³/mol. The Morgan fingerprint density at radius 2 is 2.05 bits per heavy atom. The van der Waals surface area contributed by atoms with Crippen LogP contribution in [0.3, 0.4) is 0 Å². The number of hydrogen-bond acceptors (Lipinski definition) is 5. The van der Waals surface area contributed by atoms with Gasteiger partial charge in [-0.05, 0) is 12.1 Å². The molecule has 1 aromatic rings. The fourth-order valence-corrected chi connectivity index (χ4v) is 2.11. The lowest BCUT2D eigenvalue weighted by molar-refractivity contribution is -0.138. The average molecular weight is 328 g/mol. The molecule has 1 aliphatic rings. The van der Waals surface area contributed by atoms with Crippen LogP contribution in [-0.2, 0) is 14.3 Å². The largest absolute Gasteiger partial charge is 0.496 e. The minimum atomic E-state index is -0.339. The number of benzene rings is 1. The van der Waals surface area contributed by atoms with Crippen LogP contribution in [0.1, 0.15) is 5.56 Å². The number of carbonyl (C=O) groups excluding carboxylic acids is 1. The van der Waals surface area contributed by atoms with Crippen molar-refractivity contribution in [3.63, 3.8) is 0 Å². The lowest BCUT2D eigenvalue weighted by Crippen LogP contribution is -2.38. The number of rotatable bonds is 6. The first-order valence-electron chi connectivity index (χ1n) is 7.07. The van der Waals surface area contributed by atoms with E-state index < -0.39 is 0 Å². The topological polar surface area (TPSA) is 48.0 Å². The number of morpholine rings is 1. The molecule has 0 saturated carbocycles. The molecular weight excluding hydrogens is 306 g/mol. The van der Waals surface area contributed by atoms with E-state index in [4.69, 9.17) is 14.2 Å². The third-order valence-electron chi connectivity index (χ3n) is 3.29. The highest BCUT2D eigenvalue weighted by molar-refractivity contribution is 5.87. The zero-order valence-electron chi connectivity index (χ0n) is 12.7. The number of ether oxygens (including phenoxy) is 3. The number of esters is 1. The summed E-state index contributed by atoms with van der Waals surface area (Å²) in [5.41, 5.74) is 0.852. The van der Waals surface area contributed by atoms with Gasteiger partial charge < -0.3 is 14.2 Å². The van der Waals surface area contributed by atoms with E-state index >= 15 is 0 Å².